The predicted molar refractivity (Wildman–Crippen MR) is 88.3 cm³/mol. The molecular formula is C17H19N3O3. The highest BCUT2D eigenvalue weighted by molar-refractivity contribution is 5.97. The van der Waals surface area contributed by atoms with Gasteiger partial charge in [-0.3, -0.25) is 4.79 Å². The van der Waals surface area contributed by atoms with E-state index in [-0.39, 0.29) is 5.91 Å². The Kier molecular flexibility index (Phi) is 5.57. The SMILES string of the molecule is COc1ccc(NC(=O)[C@H](Cc2ccccc2)NC(N)=O)cc1. The van der Waals surface area contributed by atoms with Crippen molar-refractivity contribution >= 4 is 17.6 Å². The van der Waals surface area contributed by atoms with Gasteiger partial charge >= 0.3 is 6.03 Å². The molecule has 2 rings (SSSR count). The number of amides is 3. The van der Waals surface area contributed by atoms with E-state index in [0.717, 1.165) is 5.56 Å². The Hall–Kier alpha value is -3.02. The van der Waals surface area contributed by atoms with Gasteiger partial charge in [-0.1, -0.05) is 30.3 Å². The zero-order valence-electron chi connectivity index (χ0n) is 12.8. The molecule has 2 aromatic carbocycles. The molecule has 2 aromatic rings. The van der Waals surface area contributed by atoms with Crippen LogP contribution in [0.4, 0.5) is 10.5 Å². The number of methoxy groups -OCH3 is 1. The van der Waals surface area contributed by atoms with Crippen molar-refractivity contribution in [1.29, 1.82) is 0 Å². The fraction of sp³-hybridized carbons (Fsp3) is 0.176. The smallest absolute Gasteiger partial charge is 0.312 e. The third-order valence-electron chi connectivity index (χ3n) is 3.27. The van der Waals surface area contributed by atoms with E-state index in [1.54, 1.807) is 31.4 Å². The monoisotopic (exact) mass is 313 g/mol. The van der Waals surface area contributed by atoms with Crippen LogP contribution in [0.5, 0.6) is 5.75 Å². The van der Waals surface area contributed by atoms with Crippen LogP contribution < -0.4 is 21.1 Å². The van der Waals surface area contributed by atoms with Crippen molar-refractivity contribution in [2.45, 2.75) is 12.5 Å². The number of urea groups is 1. The second kappa shape index (κ2) is 7.84. The van der Waals surface area contributed by atoms with Gasteiger partial charge in [-0.05, 0) is 29.8 Å². The summed E-state index contributed by atoms with van der Waals surface area (Å²) in [6, 6.07) is 14.8. The maximum atomic E-state index is 12.4. The minimum absolute atomic E-state index is 0.335. The third kappa shape index (κ3) is 5.03. The molecule has 0 aliphatic heterocycles. The molecule has 6 heteroatoms. The predicted octanol–water partition coefficient (Wildman–Crippen LogP) is 1.91. The van der Waals surface area contributed by atoms with E-state index < -0.39 is 12.1 Å². The molecule has 0 saturated heterocycles. The van der Waals surface area contributed by atoms with Gasteiger partial charge in [-0.15, -0.1) is 0 Å². The summed E-state index contributed by atoms with van der Waals surface area (Å²) < 4.78 is 5.07. The molecule has 0 heterocycles. The van der Waals surface area contributed by atoms with Gasteiger partial charge in [0.15, 0.2) is 0 Å². The number of carbonyl (C=O) groups excluding carboxylic acids is 2. The van der Waals surface area contributed by atoms with Gasteiger partial charge in [0.1, 0.15) is 11.8 Å². The highest BCUT2D eigenvalue weighted by atomic mass is 16.5. The summed E-state index contributed by atoms with van der Waals surface area (Å²) in [6.45, 7) is 0. The Morgan fingerprint density at radius 1 is 1.09 bits per heavy atom. The maximum absolute atomic E-state index is 12.4. The number of anilines is 1. The number of hydrogen-bond donors (Lipinski definition) is 3. The second-order valence-corrected chi connectivity index (χ2v) is 4.97. The molecular weight excluding hydrogens is 294 g/mol. The van der Waals surface area contributed by atoms with Crippen molar-refractivity contribution in [2.24, 2.45) is 5.73 Å². The van der Waals surface area contributed by atoms with E-state index >= 15 is 0 Å². The van der Waals surface area contributed by atoms with E-state index in [2.05, 4.69) is 10.6 Å². The topological polar surface area (TPSA) is 93.4 Å². The normalized spacial score (nSPS) is 11.3. The molecule has 0 aliphatic rings. The molecule has 0 saturated carbocycles. The molecule has 4 N–H and O–H groups in total. The first-order chi connectivity index (χ1) is 11.1. The summed E-state index contributed by atoms with van der Waals surface area (Å²) in [5.74, 6) is 0.358. The van der Waals surface area contributed by atoms with Crippen LogP contribution in [0.2, 0.25) is 0 Å². The largest absolute Gasteiger partial charge is 0.497 e. The molecule has 23 heavy (non-hydrogen) atoms. The summed E-state index contributed by atoms with van der Waals surface area (Å²) in [7, 11) is 1.57. The van der Waals surface area contributed by atoms with Crippen LogP contribution >= 0.6 is 0 Å². The standard InChI is InChI=1S/C17H19N3O3/c1-23-14-9-7-13(8-10-14)19-16(21)15(20-17(18)22)11-12-5-3-2-4-6-12/h2-10,15H,11H2,1H3,(H,19,21)(H3,18,20,22)/t15-/m0/s1. The quantitative estimate of drug-likeness (QED) is 0.760. The average Bonchev–Trinajstić information content (AvgIpc) is 2.55. The Balaban J connectivity index is 2.07. The van der Waals surface area contributed by atoms with E-state index in [1.807, 2.05) is 30.3 Å². The Morgan fingerprint density at radius 3 is 2.30 bits per heavy atom. The average molecular weight is 313 g/mol. The lowest BCUT2D eigenvalue weighted by atomic mass is 10.1. The van der Waals surface area contributed by atoms with Crippen molar-refractivity contribution in [2.75, 3.05) is 12.4 Å². The summed E-state index contributed by atoms with van der Waals surface area (Å²) in [6.07, 6.45) is 0.353. The van der Waals surface area contributed by atoms with Gasteiger partial charge in [0.25, 0.3) is 0 Å². The van der Waals surface area contributed by atoms with E-state index in [4.69, 9.17) is 10.5 Å². The van der Waals surface area contributed by atoms with Crippen LogP contribution in [-0.4, -0.2) is 25.1 Å². The number of carbonyl (C=O) groups is 2. The number of ether oxygens (including phenoxy) is 1. The molecule has 6 nitrogen and oxygen atoms in total. The third-order valence-corrected chi connectivity index (χ3v) is 3.27. The molecule has 0 aliphatic carbocycles. The zero-order valence-corrected chi connectivity index (χ0v) is 12.8. The van der Waals surface area contributed by atoms with Crippen molar-refractivity contribution in [3.63, 3.8) is 0 Å². The van der Waals surface area contributed by atoms with E-state index in [1.165, 1.54) is 0 Å². The molecule has 0 radical (unpaired) electrons. The maximum Gasteiger partial charge on any atom is 0.312 e. The fourth-order valence-electron chi connectivity index (χ4n) is 2.13. The molecule has 0 fully saturated rings. The minimum Gasteiger partial charge on any atom is -0.497 e. The highest BCUT2D eigenvalue weighted by Crippen LogP contribution is 2.15. The first-order valence-electron chi connectivity index (χ1n) is 7.13. The van der Waals surface area contributed by atoms with Gasteiger partial charge in [-0.25, -0.2) is 4.79 Å². The second-order valence-electron chi connectivity index (χ2n) is 4.97. The minimum atomic E-state index is -0.753. The van der Waals surface area contributed by atoms with Crippen molar-refractivity contribution in [3.8, 4) is 5.75 Å². The lowest BCUT2D eigenvalue weighted by Crippen LogP contribution is -2.47. The molecule has 0 aromatic heterocycles. The fourth-order valence-corrected chi connectivity index (χ4v) is 2.13. The highest BCUT2D eigenvalue weighted by Gasteiger charge is 2.20. The van der Waals surface area contributed by atoms with E-state index in [0.29, 0.717) is 17.9 Å². The van der Waals surface area contributed by atoms with Crippen LogP contribution in [0.1, 0.15) is 5.56 Å². The Morgan fingerprint density at radius 2 is 1.74 bits per heavy atom. The Bertz CT molecular complexity index is 657. The summed E-state index contributed by atoms with van der Waals surface area (Å²) in [4.78, 5) is 23.5. The van der Waals surface area contributed by atoms with Crippen molar-refractivity contribution in [1.82, 2.24) is 5.32 Å². The van der Waals surface area contributed by atoms with Gasteiger partial charge < -0.3 is 21.1 Å². The number of benzene rings is 2. The van der Waals surface area contributed by atoms with Gasteiger partial charge in [0.2, 0.25) is 5.91 Å². The summed E-state index contributed by atoms with van der Waals surface area (Å²) in [5.41, 5.74) is 6.71. The van der Waals surface area contributed by atoms with Gasteiger partial charge in [-0.2, -0.15) is 0 Å². The Labute approximate surface area is 134 Å². The lowest BCUT2D eigenvalue weighted by Gasteiger charge is -2.17. The summed E-state index contributed by atoms with van der Waals surface area (Å²) >= 11 is 0. The lowest BCUT2D eigenvalue weighted by molar-refractivity contribution is -0.117. The first-order valence-corrected chi connectivity index (χ1v) is 7.13. The number of hydrogen-bond acceptors (Lipinski definition) is 3. The van der Waals surface area contributed by atoms with Crippen LogP contribution in [0.3, 0.4) is 0 Å². The number of primary amides is 1. The van der Waals surface area contributed by atoms with Crippen LogP contribution in [0.25, 0.3) is 0 Å². The molecule has 3 amide bonds. The zero-order chi connectivity index (χ0) is 16.7. The number of rotatable bonds is 6. The summed E-state index contributed by atoms with van der Waals surface area (Å²) in [5, 5.41) is 5.23. The van der Waals surface area contributed by atoms with Crippen LogP contribution in [-0.2, 0) is 11.2 Å². The molecule has 120 valence electrons. The van der Waals surface area contributed by atoms with Crippen molar-refractivity contribution < 1.29 is 14.3 Å². The number of nitrogens with one attached hydrogen (secondary N) is 2. The molecule has 0 unspecified atom stereocenters. The van der Waals surface area contributed by atoms with E-state index in [9.17, 15) is 9.59 Å². The molecule has 0 spiro atoms. The first kappa shape index (κ1) is 16.4. The molecule has 0 bridgehead atoms. The van der Waals surface area contributed by atoms with Gasteiger partial charge in [0.05, 0.1) is 7.11 Å². The number of nitrogens with two attached hydrogens (primary N) is 1. The van der Waals surface area contributed by atoms with Crippen molar-refractivity contribution in [3.05, 3.63) is 60.2 Å². The van der Waals surface area contributed by atoms with Gasteiger partial charge in [0, 0.05) is 12.1 Å². The van der Waals surface area contributed by atoms with Crippen LogP contribution in [0, 0.1) is 0 Å². The van der Waals surface area contributed by atoms with Crippen LogP contribution in [0.15, 0.2) is 54.6 Å². The molecule has 1 atom stereocenters.